The van der Waals surface area contributed by atoms with Gasteiger partial charge >= 0.3 is 0 Å². The Morgan fingerprint density at radius 3 is 2.48 bits per heavy atom. The van der Waals surface area contributed by atoms with Gasteiger partial charge in [0.05, 0.1) is 35.3 Å². The van der Waals surface area contributed by atoms with Crippen molar-refractivity contribution in [2.45, 2.75) is 19.9 Å². The maximum atomic E-state index is 10.9. The van der Waals surface area contributed by atoms with E-state index >= 15 is 0 Å². The third-order valence-corrected chi connectivity index (χ3v) is 5.05. The summed E-state index contributed by atoms with van der Waals surface area (Å²) in [5.41, 5.74) is 1.61. The molecule has 0 aliphatic carbocycles. The van der Waals surface area contributed by atoms with Crippen LogP contribution in [0.5, 0.6) is 0 Å². The van der Waals surface area contributed by atoms with Crippen molar-refractivity contribution in [3.63, 3.8) is 0 Å². The fourth-order valence-corrected chi connectivity index (χ4v) is 3.37. The van der Waals surface area contributed by atoms with Crippen LogP contribution >= 0.6 is 23.8 Å². The number of hydrogen-bond donors (Lipinski definition) is 3. The first-order valence-electron chi connectivity index (χ1n) is 8.84. The minimum atomic E-state index is -0.465. The summed E-state index contributed by atoms with van der Waals surface area (Å²) in [7, 11) is 0. The molecule has 0 aliphatic heterocycles. The third-order valence-electron chi connectivity index (χ3n) is 4.48. The molecule has 0 saturated carbocycles. The third kappa shape index (κ3) is 5.89. The van der Waals surface area contributed by atoms with Gasteiger partial charge in [-0.05, 0) is 32.1 Å². The van der Waals surface area contributed by atoms with Crippen molar-refractivity contribution in [1.29, 1.82) is 0 Å². The number of halogens is 1. The SMILES string of the molecule is CC[NH+](CC)[C@@H](CNC(=S)Nc1cc([N+](=O)[O-])ccc1Cl)c1ccccc1. The summed E-state index contributed by atoms with van der Waals surface area (Å²) in [5, 5.41) is 17.9. The van der Waals surface area contributed by atoms with E-state index in [-0.39, 0.29) is 11.7 Å². The number of nitrogens with one attached hydrogen (secondary N) is 3. The van der Waals surface area contributed by atoms with E-state index in [1.54, 1.807) is 0 Å². The lowest BCUT2D eigenvalue weighted by molar-refractivity contribution is -0.927. The van der Waals surface area contributed by atoms with Crippen LogP contribution in [0.3, 0.4) is 0 Å². The van der Waals surface area contributed by atoms with E-state index in [1.807, 2.05) is 18.2 Å². The Balaban J connectivity index is 2.08. The van der Waals surface area contributed by atoms with E-state index in [0.29, 0.717) is 22.4 Å². The largest absolute Gasteiger partial charge is 0.356 e. The second-order valence-electron chi connectivity index (χ2n) is 6.08. The summed E-state index contributed by atoms with van der Waals surface area (Å²) in [5.74, 6) is 0. The van der Waals surface area contributed by atoms with Gasteiger partial charge in [0.15, 0.2) is 5.11 Å². The van der Waals surface area contributed by atoms with Gasteiger partial charge in [-0.25, -0.2) is 0 Å². The normalized spacial score (nSPS) is 11.9. The predicted molar refractivity (Wildman–Crippen MR) is 114 cm³/mol. The molecule has 0 saturated heterocycles. The molecule has 8 heteroatoms. The molecule has 2 aromatic carbocycles. The van der Waals surface area contributed by atoms with E-state index in [0.717, 1.165) is 13.1 Å². The number of rotatable bonds is 8. The molecule has 2 aromatic rings. The highest BCUT2D eigenvalue weighted by atomic mass is 35.5. The zero-order chi connectivity index (χ0) is 19.8. The first-order valence-corrected chi connectivity index (χ1v) is 9.63. The van der Waals surface area contributed by atoms with Crippen LogP contribution in [0.4, 0.5) is 11.4 Å². The van der Waals surface area contributed by atoms with Gasteiger partial charge in [0.1, 0.15) is 6.04 Å². The molecule has 0 aliphatic rings. The Hall–Kier alpha value is -2.22. The van der Waals surface area contributed by atoms with Gasteiger partial charge in [0, 0.05) is 17.7 Å². The molecule has 0 aromatic heterocycles. The molecule has 3 N–H and O–H groups in total. The van der Waals surface area contributed by atoms with Gasteiger partial charge < -0.3 is 15.5 Å². The van der Waals surface area contributed by atoms with E-state index in [1.165, 1.54) is 28.7 Å². The summed E-state index contributed by atoms with van der Waals surface area (Å²) in [6, 6.07) is 14.8. The molecular weight excluding hydrogens is 384 g/mol. The Labute approximate surface area is 169 Å². The molecule has 27 heavy (non-hydrogen) atoms. The van der Waals surface area contributed by atoms with E-state index in [2.05, 4.69) is 36.6 Å². The highest BCUT2D eigenvalue weighted by Gasteiger charge is 2.21. The van der Waals surface area contributed by atoms with Crippen molar-refractivity contribution in [1.82, 2.24) is 5.32 Å². The van der Waals surface area contributed by atoms with Gasteiger partial charge in [0.25, 0.3) is 5.69 Å². The summed E-state index contributed by atoms with van der Waals surface area (Å²) < 4.78 is 0. The lowest BCUT2D eigenvalue weighted by Gasteiger charge is -2.27. The van der Waals surface area contributed by atoms with Gasteiger partial charge in [-0.3, -0.25) is 10.1 Å². The first kappa shape index (κ1) is 21.1. The minimum absolute atomic E-state index is 0.0422. The van der Waals surface area contributed by atoms with E-state index in [9.17, 15) is 10.1 Å². The average Bonchev–Trinajstić information content (AvgIpc) is 2.67. The quantitative estimate of drug-likeness (QED) is 0.356. The molecule has 2 rings (SSSR count). The second kappa shape index (κ2) is 10.2. The number of non-ortho nitro benzene ring substituents is 1. The number of likely N-dealkylation sites (N-methyl/N-ethyl adjacent to an activating group) is 1. The lowest BCUT2D eigenvalue weighted by atomic mass is 10.1. The summed E-state index contributed by atoms with van der Waals surface area (Å²) in [6.45, 7) is 6.95. The Bertz CT molecular complexity index is 785. The second-order valence-corrected chi connectivity index (χ2v) is 6.90. The number of thiocarbonyl (C=S) groups is 1. The Kier molecular flexibility index (Phi) is 7.97. The fraction of sp³-hybridized carbons (Fsp3) is 0.316. The number of quaternary nitrogens is 1. The number of benzene rings is 2. The van der Waals surface area contributed by atoms with Crippen LogP contribution in [-0.4, -0.2) is 29.7 Å². The van der Waals surface area contributed by atoms with Crippen LogP contribution in [0.1, 0.15) is 25.5 Å². The molecule has 0 fully saturated rings. The van der Waals surface area contributed by atoms with Crippen molar-refractivity contribution in [3.05, 3.63) is 69.2 Å². The van der Waals surface area contributed by atoms with Crippen molar-refractivity contribution >= 4 is 40.3 Å². The fourth-order valence-electron chi connectivity index (χ4n) is 3.01. The number of anilines is 1. The summed E-state index contributed by atoms with van der Waals surface area (Å²) >= 11 is 11.5. The maximum Gasteiger partial charge on any atom is 0.271 e. The highest BCUT2D eigenvalue weighted by Crippen LogP contribution is 2.26. The summed E-state index contributed by atoms with van der Waals surface area (Å²) in [6.07, 6.45) is 0. The van der Waals surface area contributed by atoms with Crippen LogP contribution in [0.25, 0.3) is 0 Å². The molecule has 0 heterocycles. The monoisotopic (exact) mass is 407 g/mol. The molecule has 0 spiro atoms. The zero-order valence-corrected chi connectivity index (χ0v) is 16.9. The van der Waals surface area contributed by atoms with Gasteiger partial charge in [-0.2, -0.15) is 0 Å². The molecule has 6 nitrogen and oxygen atoms in total. The molecular formula is C19H24ClN4O2S+. The number of nitro benzene ring substituents is 1. The van der Waals surface area contributed by atoms with Crippen LogP contribution in [0, 0.1) is 10.1 Å². The number of nitrogens with zero attached hydrogens (tertiary/aromatic N) is 1. The van der Waals surface area contributed by atoms with E-state index < -0.39 is 4.92 Å². The molecule has 144 valence electrons. The lowest BCUT2D eigenvalue weighted by Crippen LogP contribution is -3.12. The highest BCUT2D eigenvalue weighted by molar-refractivity contribution is 7.80. The Morgan fingerprint density at radius 2 is 1.89 bits per heavy atom. The van der Waals surface area contributed by atoms with Crippen LogP contribution < -0.4 is 15.5 Å². The predicted octanol–water partition coefficient (Wildman–Crippen LogP) is 3.20. The van der Waals surface area contributed by atoms with Gasteiger partial charge in [-0.15, -0.1) is 0 Å². The van der Waals surface area contributed by atoms with Crippen molar-refractivity contribution < 1.29 is 9.82 Å². The van der Waals surface area contributed by atoms with Gasteiger partial charge in [0.2, 0.25) is 0 Å². The minimum Gasteiger partial charge on any atom is -0.356 e. The van der Waals surface area contributed by atoms with Crippen molar-refractivity contribution in [2.75, 3.05) is 25.0 Å². The van der Waals surface area contributed by atoms with Crippen LogP contribution in [0.15, 0.2) is 48.5 Å². The van der Waals surface area contributed by atoms with Crippen molar-refractivity contribution in [3.8, 4) is 0 Å². The van der Waals surface area contributed by atoms with Crippen LogP contribution in [0.2, 0.25) is 5.02 Å². The summed E-state index contributed by atoms with van der Waals surface area (Å²) in [4.78, 5) is 11.9. The van der Waals surface area contributed by atoms with Gasteiger partial charge in [-0.1, -0.05) is 41.9 Å². The molecule has 0 unspecified atom stereocenters. The average molecular weight is 408 g/mol. The standard InChI is InChI=1S/C19H23ClN4O2S/c1-3-23(4-2)18(14-8-6-5-7-9-14)13-21-19(27)22-17-12-15(24(25)26)10-11-16(17)20/h5-12,18H,3-4,13H2,1-2H3,(H2,21,22,27)/p+1/t18-/m0/s1. The Morgan fingerprint density at radius 1 is 1.22 bits per heavy atom. The van der Waals surface area contributed by atoms with E-state index in [4.69, 9.17) is 23.8 Å². The number of hydrogen-bond acceptors (Lipinski definition) is 3. The van der Waals surface area contributed by atoms with Crippen LogP contribution in [-0.2, 0) is 0 Å². The molecule has 1 atom stereocenters. The zero-order valence-electron chi connectivity index (χ0n) is 15.4. The number of nitro groups is 1. The molecule has 0 bridgehead atoms. The first-order chi connectivity index (χ1) is 13.0. The topological polar surface area (TPSA) is 71.6 Å². The smallest absolute Gasteiger partial charge is 0.271 e. The molecule has 0 amide bonds. The molecule has 0 radical (unpaired) electrons. The van der Waals surface area contributed by atoms with Crippen molar-refractivity contribution in [2.24, 2.45) is 0 Å². The maximum absolute atomic E-state index is 10.9.